The number of carbonyl (C=O) groups is 1. The summed E-state index contributed by atoms with van der Waals surface area (Å²) in [7, 11) is 0. The van der Waals surface area contributed by atoms with Crippen LogP contribution in [0, 0.1) is 11.8 Å². The lowest BCUT2D eigenvalue weighted by Gasteiger charge is -2.49. The van der Waals surface area contributed by atoms with Gasteiger partial charge < -0.3 is 5.32 Å². The molecule has 3 aliphatic rings. The molecule has 4 heterocycles. The molecule has 1 N–H and O–H groups in total. The largest absolute Gasteiger partial charge is 0.352 e. The van der Waals surface area contributed by atoms with E-state index in [0.717, 1.165) is 49.3 Å². The van der Waals surface area contributed by atoms with Crippen LogP contribution in [-0.4, -0.2) is 44.9 Å². The van der Waals surface area contributed by atoms with Gasteiger partial charge in [-0.2, -0.15) is 0 Å². The summed E-state index contributed by atoms with van der Waals surface area (Å²) in [4.78, 5) is 15.3. The zero-order chi connectivity index (χ0) is 20.3. The van der Waals surface area contributed by atoms with Gasteiger partial charge in [0.05, 0.1) is 18.7 Å². The highest BCUT2D eigenvalue weighted by Gasteiger charge is 2.43. The third-order valence-corrected chi connectivity index (χ3v) is 6.53. The minimum absolute atomic E-state index is 0.0920. The summed E-state index contributed by atoms with van der Waals surface area (Å²) in [6, 6.07) is 20.7. The van der Waals surface area contributed by atoms with Gasteiger partial charge in [0.25, 0.3) is 0 Å². The van der Waals surface area contributed by atoms with Gasteiger partial charge >= 0.3 is 0 Å². The van der Waals surface area contributed by atoms with E-state index < -0.39 is 0 Å². The zero-order valence-corrected chi connectivity index (χ0v) is 17.0. The molecule has 1 unspecified atom stereocenters. The van der Waals surface area contributed by atoms with Crippen LogP contribution in [0.4, 0.5) is 0 Å². The molecule has 0 spiro atoms. The third-order valence-electron chi connectivity index (χ3n) is 6.53. The quantitative estimate of drug-likeness (QED) is 0.690. The number of nitrogens with one attached hydrogen (secondary N) is 1. The van der Waals surface area contributed by atoms with Crippen molar-refractivity contribution in [1.82, 2.24) is 25.2 Å². The predicted molar refractivity (Wildman–Crippen MR) is 115 cm³/mol. The Morgan fingerprint density at radius 3 is 2.57 bits per heavy atom. The normalized spacial score (nSPS) is 25.2. The summed E-state index contributed by atoms with van der Waals surface area (Å²) in [6.45, 7) is 3.34. The van der Waals surface area contributed by atoms with Gasteiger partial charge in [0.1, 0.15) is 5.69 Å². The Morgan fingerprint density at radius 1 is 1.07 bits per heavy atom. The van der Waals surface area contributed by atoms with E-state index in [4.69, 9.17) is 0 Å². The monoisotopic (exact) mass is 401 g/mol. The Hall–Kier alpha value is -2.99. The van der Waals surface area contributed by atoms with Crippen LogP contribution in [0.5, 0.6) is 0 Å². The van der Waals surface area contributed by atoms with Gasteiger partial charge in [-0.05, 0) is 30.9 Å². The van der Waals surface area contributed by atoms with Gasteiger partial charge in [0, 0.05) is 24.7 Å². The van der Waals surface area contributed by atoms with Crippen LogP contribution in [0.25, 0.3) is 11.3 Å². The van der Waals surface area contributed by atoms with Crippen LogP contribution < -0.4 is 5.32 Å². The van der Waals surface area contributed by atoms with Crippen LogP contribution in [0.3, 0.4) is 0 Å². The number of carbonyl (C=O) groups excluding carboxylic acids is 1. The number of nitrogens with zero attached hydrogens (tertiary/aromatic N) is 4. The molecule has 4 atom stereocenters. The maximum Gasteiger partial charge on any atom is 0.224 e. The van der Waals surface area contributed by atoms with E-state index in [1.807, 2.05) is 47.3 Å². The molecule has 6 rings (SSSR count). The maximum atomic E-state index is 12.8. The van der Waals surface area contributed by atoms with E-state index in [1.54, 1.807) is 0 Å². The second-order valence-electron chi connectivity index (χ2n) is 8.43. The van der Waals surface area contributed by atoms with E-state index in [-0.39, 0.29) is 11.8 Å². The highest BCUT2D eigenvalue weighted by Crippen LogP contribution is 2.37. The van der Waals surface area contributed by atoms with Crippen molar-refractivity contribution >= 4 is 5.91 Å². The van der Waals surface area contributed by atoms with Gasteiger partial charge in [-0.3, -0.25) is 14.4 Å². The molecule has 6 heteroatoms. The molecule has 3 aliphatic heterocycles. The fourth-order valence-corrected chi connectivity index (χ4v) is 4.89. The Morgan fingerprint density at radius 2 is 1.83 bits per heavy atom. The van der Waals surface area contributed by atoms with Crippen molar-refractivity contribution in [3.8, 4) is 11.3 Å². The number of hydrogen-bond donors (Lipinski definition) is 1. The van der Waals surface area contributed by atoms with Crippen LogP contribution in [-0.2, 0) is 17.9 Å². The average molecular weight is 402 g/mol. The first kappa shape index (κ1) is 19.0. The highest BCUT2D eigenvalue weighted by molar-refractivity contribution is 5.79. The molecule has 3 saturated heterocycles. The molecule has 0 aliphatic carbocycles. The molecular weight excluding hydrogens is 374 g/mol. The van der Waals surface area contributed by atoms with Crippen molar-refractivity contribution in [2.45, 2.75) is 32.0 Å². The predicted octanol–water partition coefficient (Wildman–Crippen LogP) is 2.97. The molecule has 1 aromatic heterocycles. The average Bonchev–Trinajstić information content (AvgIpc) is 3.28. The fraction of sp³-hybridized carbons (Fsp3) is 0.375. The van der Waals surface area contributed by atoms with Crippen molar-refractivity contribution in [2.24, 2.45) is 11.8 Å². The third kappa shape index (κ3) is 4.00. The second kappa shape index (κ2) is 8.40. The van der Waals surface area contributed by atoms with E-state index >= 15 is 0 Å². The fourth-order valence-electron chi connectivity index (χ4n) is 4.89. The van der Waals surface area contributed by atoms with Crippen LogP contribution >= 0.6 is 0 Å². The molecule has 6 nitrogen and oxygen atoms in total. The van der Waals surface area contributed by atoms with Crippen molar-refractivity contribution in [2.75, 3.05) is 13.1 Å². The van der Waals surface area contributed by atoms with Crippen LogP contribution in [0.2, 0.25) is 0 Å². The molecule has 2 aromatic carbocycles. The SMILES string of the molecule is O=C(NCc1ccccc1)[C@@H]1CN2CC[C@@H]1C[C@@H]2Cn1cc(-c2ccccc2)nn1. The van der Waals surface area contributed by atoms with Crippen molar-refractivity contribution in [3.63, 3.8) is 0 Å². The van der Waals surface area contributed by atoms with E-state index in [1.165, 1.54) is 0 Å². The lowest BCUT2D eigenvalue weighted by atomic mass is 9.75. The topological polar surface area (TPSA) is 63.1 Å². The Labute approximate surface area is 176 Å². The first-order chi connectivity index (χ1) is 14.8. The molecule has 2 bridgehead atoms. The molecule has 30 heavy (non-hydrogen) atoms. The minimum atomic E-state index is 0.0920. The summed E-state index contributed by atoms with van der Waals surface area (Å²) in [5.74, 6) is 0.737. The molecule has 0 saturated carbocycles. The summed E-state index contributed by atoms with van der Waals surface area (Å²) in [5.41, 5.74) is 3.14. The van der Waals surface area contributed by atoms with Crippen molar-refractivity contribution < 1.29 is 4.79 Å². The molecule has 3 fully saturated rings. The van der Waals surface area contributed by atoms with Crippen molar-refractivity contribution in [3.05, 3.63) is 72.4 Å². The second-order valence-corrected chi connectivity index (χ2v) is 8.43. The van der Waals surface area contributed by atoms with Gasteiger partial charge in [-0.15, -0.1) is 5.10 Å². The summed E-state index contributed by atoms with van der Waals surface area (Å²) in [5, 5.41) is 11.8. The Balaban J connectivity index is 1.19. The van der Waals surface area contributed by atoms with Crippen molar-refractivity contribution in [1.29, 1.82) is 0 Å². The van der Waals surface area contributed by atoms with Crippen LogP contribution in [0.15, 0.2) is 66.9 Å². The van der Waals surface area contributed by atoms with Crippen LogP contribution in [0.1, 0.15) is 18.4 Å². The number of benzene rings is 2. The smallest absolute Gasteiger partial charge is 0.224 e. The van der Waals surface area contributed by atoms with E-state index in [0.29, 0.717) is 18.5 Å². The summed E-state index contributed by atoms with van der Waals surface area (Å²) < 4.78 is 1.96. The van der Waals surface area contributed by atoms with E-state index in [2.05, 4.69) is 44.8 Å². The molecule has 3 aromatic rings. The summed E-state index contributed by atoms with van der Waals surface area (Å²) in [6.07, 6.45) is 4.18. The van der Waals surface area contributed by atoms with Gasteiger partial charge in [0.15, 0.2) is 0 Å². The highest BCUT2D eigenvalue weighted by atomic mass is 16.1. The lowest BCUT2D eigenvalue weighted by molar-refractivity contribution is -0.133. The number of piperidine rings is 3. The van der Waals surface area contributed by atoms with Gasteiger partial charge in [-0.1, -0.05) is 65.9 Å². The number of hydrogen-bond acceptors (Lipinski definition) is 4. The molecule has 0 radical (unpaired) electrons. The zero-order valence-electron chi connectivity index (χ0n) is 17.0. The summed E-state index contributed by atoms with van der Waals surface area (Å²) >= 11 is 0. The molecule has 1 amide bonds. The lowest BCUT2D eigenvalue weighted by Crippen LogP contribution is -2.57. The Bertz CT molecular complexity index is 987. The number of aromatic nitrogens is 3. The minimum Gasteiger partial charge on any atom is -0.352 e. The first-order valence-corrected chi connectivity index (χ1v) is 10.8. The molecular formula is C24H27N5O. The van der Waals surface area contributed by atoms with Gasteiger partial charge in [-0.25, -0.2) is 0 Å². The Kier molecular flexibility index (Phi) is 5.32. The maximum absolute atomic E-state index is 12.8. The standard InChI is InChI=1S/C24H27N5O/c30-24(25-14-18-7-3-1-4-8-18)22-16-28-12-11-20(22)13-21(28)15-29-17-23(26-27-29)19-9-5-2-6-10-19/h1-10,17,20-22H,11-16H2,(H,25,30)/t20-,21-,22-/m1/s1. The number of rotatable bonds is 6. The molecule has 154 valence electrons. The number of fused-ring (bicyclic) bond motifs is 3. The number of amides is 1. The van der Waals surface area contributed by atoms with E-state index in [9.17, 15) is 4.79 Å². The first-order valence-electron chi connectivity index (χ1n) is 10.8. The van der Waals surface area contributed by atoms with Gasteiger partial charge in [0.2, 0.25) is 5.91 Å².